The Hall–Kier alpha value is -3.74. The minimum atomic E-state index is -0.157. The van der Waals surface area contributed by atoms with Crippen LogP contribution in [0.4, 0.5) is 0 Å². The number of rotatable bonds is 9. The third-order valence-electron chi connectivity index (χ3n) is 5.59. The SMILES string of the molecule is Cc1ccc(C(=O)N(CC(=O)N(Cc2ccc3c(c2)OCO3)Cc2ccco2)CC(C)C)cc1. The summed E-state index contributed by atoms with van der Waals surface area (Å²) >= 11 is 0. The fraction of sp³-hybridized carbons (Fsp3) is 0.333. The third-order valence-corrected chi connectivity index (χ3v) is 5.59. The van der Waals surface area contributed by atoms with Crippen LogP contribution >= 0.6 is 0 Å². The van der Waals surface area contributed by atoms with E-state index in [4.69, 9.17) is 13.9 Å². The van der Waals surface area contributed by atoms with Gasteiger partial charge in [0.1, 0.15) is 12.3 Å². The zero-order valence-electron chi connectivity index (χ0n) is 19.8. The molecular formula is C27H30N2O5. The van der Waals surface area contributed by atoms with Crippen molar-refractivity contribution >= 4 is 11.8 Å². The molecule has 0 N–H and O–H groups in total. The van der Waals surface area contributed by atoms with Crippen molar-refractivity contribution in [3.05, 3.63) is 83.3 Å². The van der Waals surface area contributed by atoms with Crippen LogP contribution in [0.5, 0.6) is 11.5 Å². The Morgan fingerprint density at radius 3 is 2.41 bits per heavy atom. The van der Waals surface area contributed by atoms with Gasteiger partial charge in [0, 0.05) is 18.7 Å². The molecule has 178 valence electrons. The molecule has 0 spiro atoms. The minimum absolute atomic E-state index is 0.0177. The second kappa shape index (κ2) is 10.5. The lowest BCUT2D eigenvalue weighted by Crippen LogP contribution is -2.43. The number of nitrogens with zero attached hydrogens (tertiary/aromatic N) is 2. The van der Waals surface area contributed by atoms with Crippen molar-refractivity contribution in [3.63, 3.8) is 0 Å². The number of ether oxygens (including phenoxy) is 2. The summed E-state index contributed by atoms with van der Waals surface area (Å²) in [5.41, 5.74) is 2.56. The predicted octanol–water partition coefficient (Wildman–Crippen LogP) is 4.64. The van der Waals surface area contributed by atoms with Gasteiger partial charge in [-0.05, 0) is 54.8 Å². The van der Waals surface area contributed by atoms with Crippen LogP contribution in [0.3, 0.4) is 0 Å². The molecule has 0 saturated carbocycles. The van der Waals surface area contributed by atoms with E-state index in [9.17, 15) is 9.59 Å². The molecule has 0 fully saturated rings. The number of aryl methyl sites for hydroxylation is 1. The number of carbonyl (C=O) groups is 2. The molecule has 1 aliphatic rings. The number of amides is 2. The highest BCUT2D eigenvalue weighted by Gasteiger charge is 2.24. The Kier molecular flexibility index (Phi) is 7.21. The smallest absolute Gasteiger partial charge is 0.254 e. The number of hydrogen-bond donors (Lipinski definition) is 0. The average molecular weight is 463 g/mol. The lowest BCUT2D eigenvalue weighted by Gasteiger charge is -2.28. The van der Waals surface area contributed by atoms with E-state index in [0.717, 1.165) is 11.1 Å². The van der Waals surface area contributed by atoms with Crippen LogP contribution in [-0.4, -0.2) is 41.5 Å². The topological polar surface area (TPSA) is 72.2 Å². The highest BCUT2D eigenvalue weighted by molar-refractivity contribution is 5.96. The molecule has 7 heteroatoms. The van der Waals surface area contributed by atoms with Crippen LogP contribution in [0, 0.1) is 12.8 Å². The lowest BCUT2D eigenvalue weighted by molar-refractivity contribution is -0.133. The maximum atomic E-state index is 13.5. The maximum Gasteiger partial charge on any atom is 0.254 e. The molecule has 0 aliphatic carbocycles. The van der Waals surface area contributed by atoms with Crippen molar-refractivity contribution in [3.8, 4) is 11.5 Å². The molecule has 34 heavy (non-hydrogen) atoms. The Bertz CT molecular complexity index is 1120. The van der Waals surface area contributed by atoms with Gasteiger partial charge in [-0.15, -0.1) is 0 Å². The van der Waals surface area contributed by atoms with Gasteiger partial charge in [0.25, 0.3) is 5.91 Å². The van der Waals surface area contributed by atoms with Gasteiger partial charge in [-0.25, -0.2) is 0 Å². The third kappa shape index (κ3) is 5.78. The van der Waals surface area contributed by atoms with Gasteiger partial charge in [-0.3, -0.25) is 9.59 Å². The standard InChI is InChI=1S/C27H30N2O5/c1-19(2)14-29(27(31)22-9-6-20(3)7-10-22)17-26(30)28(16-23-5-4-12-32-23)15-21-8-11-24-25(13-21)34-18-33-24/h4-13,19H,14-18H2,1-3H3. The first-order chi connectivity index (χ1) is 16.4. The first-order valence-corrected chi connectivity index (χ1v) is 11.4. The molecule has 2 amide bonds. The van der Waals surface area contributed by atoms with Gasteiger partial charge in [-0.2, -0.15) is 0 Å². The van der Waals surface area contributed by atoms with E-state index in [1.165, 1.54) is 0 Å². The van der Waals surface area contributed by atoms with Gasteiger partial charge in [0.2, 0.25) is 12.7 Å². The molecule has 2 aromatic carbocycles. The molecule has 0 bridgehead atoms. The Labute approximate surface area is 199 Å². The summed E-state index contributed by atoms with van der Waals surface area (Å²) in [5, 5.41) is 0. The highest BCUT2D eigenvalue weighted by atomic mass is 16.7. The fourth-order valence-electron chi connectivity index (χ4n) is 3.88. The Balaban J connectivity index is 1.54. The summed E-state index contributed by atoms with van der Waals surface area (Å²) in [6, 6.07) is 16.7. The average Bonchev–Trinajstić information content (AvgIpc) is 3.49. The van der Waals surface area contributed by atoms with Crippen molar-refractivity contribution in [2.24, 2.45) is 5.92 Å². The quantitative estimate of drug-likeness (QED) is 0.463. The van der Waals surface area contributed by atoms with E-state index < -0.39 is 0 Å². The largest absolute Gasteiger partial charge is 0.467 e. The van der Waals surface area contributed by atoms with E-state index in [1.807, 2.05) is 69.3 Å². The summed E-state index contributed by atoms with van der Waals surface area (Å²) in [6.45, 7) is 7.36. The van der Waals surface area contributed by atoms with Crippen LogP contribution in [0.15, 0.2) is 65.3 Å². The minimum Gasteiger partial charge on any atom is -0.467 e. The molecule has 0 unspecified atom stereocenters. The van der Waals surface area contributed by atoms with Crippen LogP contribution in [0.2, 0.25) is 0 Å². The molecule has 7 nitrogen and oxygen atoms in total. The van der Waals surface area contributed by atoms with E-state index in [0.29, 0.717) is 42.5 Å². The summed E-state index contributed by atoms with van der Waals surface area (Å²) in [5.74, 6) is 1.94. The van der Waals surface area contributed by atoms with Crippen molar-refractivity contribution in [1.29, 1.82) is 0 Å². The van der Waals surface area contributed by atoms with Crippen molar-refractivity contribution in [1.82, 2.24) is 9.80 Å². The molecule has 0 atom stereocenters. The second-order valence-corrected chi connectivity index (χ2v) is 8.96. The summed E-state index contributed by atoms with van der Waals surface area (Å²) in [4.78, 5) is 30.1. The first-order valence-electron chi connectivity index (χ1n) is 11.4. The van der Waals surface area contributed by atoms with E-state index >= 15 is 0 Å². The van der Waals surface area contributed by atoms with E-state index in [1.54, 1.807) is 22.1 Å². The van der Waals surface area contributed by atoms with Crippen LogP contribution < -0.4 is 9.47 Å². The monoisotopic (exact) mass is 462 g/mol. The zero-order valence-corrected chi connectivity index (χ0v) is 19.8. The summed E-state index contributed by atoms with van der Waals surface area (Å²) in [6.07, 6.45) is 1.59. The van der Waals surface area contributed by atoms with Gasteiger partial charge >= 0.3 is 0 Å². The zero-order chi connectivity index (χ0) is 24.1. The molecule has 0 saturated heterocycles. The number of fused-ring (bicyclic) bond motifs is 1. The Morgan fingerprint density at radius 2 is 1.71 bits per heavy atom. The molecule has 1 aliphatic heterocycles. The van der Waals surface area contributed by atoms with Crippen LogP contribution in [0.25, 0.3) is 0 Å². The maximum absolute atomic E-state index is 13.5. The molecule has 2 heterocycles. The van der Waals surface area contributed by atoms with Gasteiger partial charge in [0.15, 0.2) is 11.5 Å². The first kappa shape index (κ1) is 23.4. The molecule has 1 aromatic heterocycles. The predicted molar refractivity (Wildman–Crippen MR) is 127 cm³/mol. The molecule has 4 rings (SSSR count). The Morgan fingerprint density at radius 1 is 0.941 bits per heavy atom. The van der Waals surface area contributed by atoms with Gasteiger partial charge in [-0.1, -0.05) is 37.6 Å². The summed E-state index contributed by atoms with van der Waals surface area (Å²) < 4.78 is 16.4. The molecule has 3 aromatic rings. The van der Waals surface area contributed by atoms with Crippen molar-refractivity contribution in [2.75, 3.05) is 19.9 Å². The van der Waals surface area contributed by atoms with Crippen LogP contribution in [-0.2, 0) is 17.9 Å². The fourth-order valence-corrected chi connectivity index (χ4v) is 3.88. The van der Waals surface area contributed by atoms with E-state index in [2.05, 4.69) is 0 Å². The number of hydrogen-bond acceptors (Lipinski definition) is 5. The number of furan rings is 1. The normalized spacial score (nSPS) is 12.1. The van der Waals surface area contributed by atoms with Gasteiger partial charge < -0.3 is 23.7 Å². The number of benzene rings is 2. The molecular weight excluding hydrogens is 432 g/mol. The van der Waals surface area contributed by atoms with Crippen LogP contribution in [0.1, 0.15) is 41.1 Å². The van der Waals surface area contributed by atoms with Crippen molar-refractivity contribution in [2.45, 2.75) is 33.9 Å². The highest BCUT2D eigenvalue weighted by Crippen LogP contribution is 2.33. The second-order valence-electron chi connectivity index (χ2n) is 8.96. The lowest BCUT2D eigenvalue weighted by atomic mass is 10.1. The van der Waals surface area contributed by atoms with Crippen molar-refractivity contribution < 1.29 is 23.5 Å². The van der Waals surface area contributed by atoms with E-state index in [-0.39, 0.29) is 31.1 Å². The number of carbonyl (C=O) groups excluding carboxylic acids is 2. The molecule has 0 radical (unpaired) electrons. The summed E-state index contributed by atoms with van der Waals surface area (Å²) in [7, 11) is 0. The van der Waals surface area contributed by atoms with Gasteiger partial charge in [0.05, 0.1) is 12.8 Å².